The lowest BCUT2D eigenvalue weighted by atomic mass is 9.93. The predicted octanol–water partition coefficient (Wildman–Crippen LogP) is 1.35. The molecule has 1 aromatic rings. The maximum Gasteiger partial charge on any atom is 0.239 e. The molecule has 0 saturated carbocycles. The number of carbonyl (C=O) groups excluding carboxylic acids is 1. The third-order valence-electron chi connectivity index (χ3n) is 4.81. The molecule has 2 aliphatic rings. The number of nitrogens with one attached hydrogen (secondary N) is 1. The van der Waals surface area contributed by atoms with Crippen molar-refractivity contribution in [1.82, 2.24) is 20.0 Å². The second kappa shape index (κ2) is 8.87. The number of likely N-dealkylation sites (tertiary alicyclic amines) is 1. The van der Waals surface area contributed by atoms with Crippen LogP contribution in [0.4, 0.5) is 0 Å². The standard InChI is InChI=1S/C15H24N4O2.2ClH/c1-18-14(3-6-17-18)11-4-7-19(8-5-11)15(20)13-9-12(21-2)10-16-13;;/h3,6,11-13,16H,4-5,7-10H2,1-2H3;2*1H/t12-,13-;;/m0../s1. The van der Waals surface area contributed by atoms with Crippen LogP contribution < -0.4 is 5.32 Å². The van der Waals surface area contributed by atoms with E-state index < -0.39 is 0 Å². The van der Waals surface area contributed by atoms with Gasteiger partial charge in [0.2, 0.25) is 5.91 Å². The van der Waals surface area contributed by atoms with Crippen molar-refractivity contribution in [2.24, 2.45) is 7.05 Å². The van der Waals surface area contributed by atoms with Gasteiger partial charge in [-0.15, -0.1) is 24.8 Å². The van der Waals surface area contributed by atoms with E-state index >= 15 is 0 Å². The van der Waals surface area contributed by atoms with Gasteiger partial charge in [-0.1, -0.05) is 0 Å². The molecule has 1 N–H and O–H groups in total. The number of amides is 1. The summed E-state index contributed by atoms with van der Waals surface area (Å²) in [6, 6.07) is 2.02. The molecule has 0 unspecified atom stereocenters. The van der Waals surface area contributed by atoms with E-state index in [1.165, 1.54) is 5.69 Å². The molecule has 2 saturated heterocycles. The fourth-order valence-corrected chi connectivity index (χ4v) is 3.47. The minimum absolute atomic E-state index is 0. The zero-order chi connectivity index (χ0) is 14.8. The lowest BCUT2D eigenvalue weighted by molar-refractivity contribution is -0.134. The normalized spacial score (nSPS) is 24.9. The fraction of sp³-hybridized carbons (Fsp3) is 0.733. The molecule has 0 aromatic carbocycles. The predicted molar refractivity (Wildman–Crippen MR) is 93.5 cm³/mol. The largest absolute Gasteiger partial charge is 0.380 e. The topological polar surface area (TPSA) is 59.4 Å². The molecule has 2 atom stereocenters. The number of aromatic nitrogens is 2. The number of piperidine rings is 1. The van der Waals surface area contributed by atoms with Crippen LogP contribution in [0.3, 0.4) is 0 Å². The molecule has 3 heterocycles. The molecular weight excluding hydrogens is 339 g/mol. The van der Waals surface area contributed by atoms with E-state index in [0.717, 1.165) is 38.9 Å². The number of carbonyl (C=O) groups is 1. The van der Waals surface area contributed by atoms with Gasteiger partial charge in [-0.25, -0.2) is 0 Å². The Labute approximate surface area is 149 Å². The molecule has 6 nitrogen and oxygen atoms in total. The molecule has 0 aliphatic carbocycles. The van der Waals surface area contributed by atoms with E-state index in [9.17, 15) is 4.79 Å². The molecule has 1 amide bonds. The van der Waals surface area contributed by atoms with E-state index in [1.54, 1.807) is 7.11 Å². The molecule has 132 valence electrons. The molecule has 0 bridgehead atoms. The quantitative estimate of drug-likeness (QED) is 0.879. The van der Waals surface area contributed by atoms with Crippen molar-refractivity contribution in [3.05, 3.63) is 18.0 Å². The maximum atomic E-state index is 12.5. The van der Waals surface area contributed by atoms with E-state index in [2.05, 4.69) is 16.5 Å². The summed E-state index contributed by atoms with van der Waals surface area (Å²) in [7, 11) is 3.69. The summed E-state index contributed by atoms with van der Waals surface area (Å²) in [5, 5.41) is 7.51. The third-order valence-corrected chi connectivity index (χ3v) is 4.81. The number of methoxy groups -OCH3 is 1. The summed E-state index contributed by atoms with van der Waals surface area (Å²) in [5.74, 6) is 0.753. The zero-order valence-corrected chi connectivity index (χ0v) is 15.2. The Morgan fingerprint density at radius 1 is 1.35 bits per heavy atom. The first kappa shape index (κ1) is 20.2. The van der Waals surface area contributed by atoms with Gasteiger partial charge in [0, 0.05) is 51.6 Å². The summed E-state index contributed by atoms with van der Waals surface area (Å²) in [6.07, 6.45) is 4.85. The first-order valence-electron chi connectivity index (χ1n) is 7.72. The van der Waals surface area contributed by atoms with Crippen molar-refractivity contribution in [1.29, 1.82) is 0 Å². The summed E-state index contributed by atoms with van der Waals surface area (Å²) in [5.41, 5.74) is 1.28. The summed E-state index contributed by atoms with van der Waals surface area (Å²) in [6.45, 7) is 2.45. The van der Waals surface area contributed by atoms with Gasteiger partial charge in [0.15, 0.2) is 0 Å². The van der Waals surface area contributed by atoms with Crippen LogP contribution in [-0.2, 0) is 16.6 Å². The van der Waals surface area contributed by atoms with Crippen molar-refractivity contribution in [2.45, 2.75) is 37.3 Å². The van der Waals surface area contributed by atoms with Gasteiger partial charge in [0.25, 0.3) is 0 Å². The summed E-state index contributed by atoms with van der Waals surface area (Å²) >= 11 is 0. The number of halogens is 2. The van der Waals surface area contributed by atoms with Crippen LogP contribution in [-0.4, -0.2) is 59.5 Å². The molecule has 8 heteroatoms. The van der Waals surface area contributed by atoms with Gasteiger partial charge < -0.3 is 15.0 Å². The van der Waals surface area contributed by atoms with Crippen LogP contribution in [0, 0.1) is 0 Å². The molecule has 0 radical (unpaired) electrons. The Bertz CT molecular complexity index is 503. The Balaban J connectivity index is 0.00000132. The van der Waals surface area contributed by atoms with Crippen LogP contribution in [0.25, 0.3) is 0 Å². The van der Waals surface area contributed by atoms with Gasteiger partial charge in [-0.3, -0.25) is 9.48 Å². The van der Waals surface area contributed by atoms with Crippen molar-refractivity contribution < 1.29 is 9.53 Å². The van der Waals surface area contributed by atoms with Gasteiger partial charge in [-0.05, 0) is 25.3 Å². The minimum Gasteiger partial charge on any atom is -0.380 e. The Kier molecular flexibility index (Phi) is 7.80. The minimum atomic E-state index is -0.0665. The van der Waals surface area contributed by atoms with Gasteiger partial charge in [-0.2, -0.15) is 5.10 Å². The first-order chi connectivity index (χ1) is 10.2. The molecular formula is C15H26Cl2N4O2. The Morgan fingerprint density at radius 3 is 2.57 bits per heavy atom. The lowest BCUT2D eigenvalue weighted by Gasteiger charge is -2.33. The molecule has 1 aromatic heterocycles. The van der Waals surface area contributed by atoms with Crippen molar-refractivity contribution in [2.75, 3.05) is 26.7 Å². The zero-order valence-electron chi connectivity index (χ0n) is 13.6. The van der Waals surface area contributed by atoms with Gasteiger partial charge in [0.1, 0.15) is 0 Å². The van der Waals surface area contributed by atoms with Crippen molar-refractivity contribution >= 4 is 30.7 Å². The first-order valence-corrected chi connectivity index (χ1v) is 7.72. The van der Waals surface area contributed by atoms with Crippen LogP contribution in [0.15, 0.2) is 12.3 Å². The highest BCUT2D eigenvalue weighted by atomic mass is 35.5. The summed E-state index contributed by atoms with van der Waals surface area (Å²) < 4.78 is 7.26. The number of rotatable bonds is 3. The van der Waals surface area contributed by atoms with Crippen molar-refractivity contribution in [3.8, 4) is 0 Å². The molecule has 23 heavy (non-hydrogen) atoms. The van der Waals surface area contributed by atoms with E-state index in [4.69, 9.17) is 4.74 Å². The average Bonchev–Trinajstić information content (AvgIpc) is 3.15. The smallest absolute Gasteiger partial charge is 0.239 e. The van der Waals surface area contributed by atoms with Crippen LogP contribution in [0.1, 0.15) is 30.9 Å². The molecule has 2 aliphatic heterocycles. The lowest BCUT2D eigenvalue weighted by Crippen LogP contribution is -2.46. The maximum absolute atomic E-state index is 12.5. The molecule has 0 spiro atoms. The SMILES string of the molecule is CO[C@@H]1CN[C@H](C(=O)N2CCC(c3ccnn3C)CC2)C1.Cl.Cl. The number of hydrogen-bond acceptors (Lipinski definition) is 4. The number of hydrogen-bond donors (Lipinski definition) is 1. The second-order valence-corrected chi connectivity index (χ2v) is 6.03. The van der Waals surface area contributed by atoms with Crippen LogP contribution in [0.2, 0.25) is 0 Å². The van der Waals surface area contributed by atoms with Gasteiger partial charge >= 0.3 is 0 Å². The van der Waals surface area contributed by atoms with Crippen LogP contribution in [0.5, 0.6) is 0 Å². The van der Waals surface area contributed by atoms with E-state index in [1.807, 2.05) is 22.8 Å². The third kappa shape index (κ3) is 4.38. The van der Waals surface area contributed by atoms with Crippen LogP contribution >= 0.6 is 24.8 Å². The molecule has 2 fully saturated rings. The van der Waals surface area contributed by atoms with Gasteiger partial charge in [0.05, 0.1) is 12.1 Å². The Morgan fingerprint density at radius 2 is 2.04 bits per heavy atom. The highest BCUT2D eigenvalue weighted by Gasteiger charge is 2.34. The highest BCUT2D eigenvalue weighted by Crippen LogP contribution is 2.28. The van der Waals surface area contributed by atoms with Crippen molar-refractivity contribution in [3.63, 3.8) is 0 Å². The highest BCUT2D eigenvalue weighted by molar-refractivity contribution is 5.85. The van der Waals surface area contributed by atoms with E-state index in [0.29, 0.717) is 5.92 Å². The average molecular weight is 365 g/mol. The monoisotopic (exact) mass is 364 g/mol. The molecule has 3 rings (SSSR count). The number of ether oxygens (including phenoxy) is 1. The fourth-order valence-electron chi connectivity index (χ4n) is 3.47. The number of aryl methyl sites for hydroxylation is 1. The summed E-state index contributed by atoms with van der Waals surface area (Å²) in [4.78, 5) is 14.5. The van der Waals surface area contributed by atoms with E-state index in [-0.39, 0.29) is 42.9 Å². The number of nitrogens with zero attached hydrogens (tertiary/aromatic N) is 3. The second-order valence-electron chi connectivity index (χ2n) is 6.03. The Hall–Kier alpha value is -0.820.